The van der Waals surface area contributed by atoms with Crippen molar-refractivity contribution in [3.05, 3.63) is 12.7 Å². The van der Waals surface area contributed by atoms with Gasteiger partial charge in [0.05, 0.1) is 0 Å². The molecule has 2 N–H and O–H groups in total. The molecular formula is C7H18NPS. The number of thiol groups is 1. The summed E-state index contributed by atoms with van der Waals surface area (Å²) >= 11 is 4.63. The summed E-state index contributed by atoms with van der Waals surface area (Å²) in [6, 6.07) is 0. The first-order valence-electron chi connectivity index (χ1n) is 3.58. The van der Waals surface area contributed by atoms with Gasteiger partial charge in [0.25, 0.3) is 0 Å². The zero-order valence-corrected chi connectivity index (χ0v) is 8.70. The molecule has 0 rings (SSSR count). The molecule has 3 heteroatoms. The van der Waals surface area contributed by atoms with Crippen molar-refractivity contribution < 1.29 is 0 Å². The Kier molecular flexibility index (Phi) is 4.59. The quantitative estimate of drug-likeness (QED) is 0.384. The minimum absolute atomic E-state index is 0.578. The first-order chi connectivity index (χ1) is 4.54. The van der Waals surface area contributed by atoms with Crippen LogP contribution in [-0.4, -0.2) is 25.0 Å². The van der Waals surface area contributed by atoms with E-state index in [4.69, 9.17) is 5.73 Å². The molecule has 0 aliphatic heterocycles. The van der Waals surface area contributed by atoms with E-state index in [-0.39, 0.29) is 0 Å². The van der Waals surface area contributed by atoms with E-state index in [1.54, 1.807) is 0 Å². The fourth-order valence-electron chi connectivity index (χ4n) is 0.747. The summed E-state index contributed by atoms with van der Waals surface area (Å²) in [7, 11) is 0. The van der Waals surface area contributed by atoms with Crippen molar-refractivity contribution in [2.45, 2.75) is 12.6 Å². The van der Waals surface area contributed by atoms with Crippen molar-refractivity contribution in [3.8, 4) is 0 Å². The molecule has 1 unspecified atom stereocenters. The van der Waals surface area contributed by atoms with Gasteiger partial charge in [0.2, 0.25) is 0 Å². The van der Waals surface area contributed by atoms with Crippen molar-refractivity contribution in [3.63, 3.8) is 0 Å². The Bertz CT molecular complexity index is 114. The summed E-state index contributed by atoms with van der Waals surface area (Å²) in [5.41, 5.74) is 6.12. The van der Waals surface area contributed by atoms with E-state index in [0.717, 1.165) is 12.7 Å². The monoisotopic (exact) mass is 179 g/mol. The van der Waals surface area contributed by atoms with E-state index in [1.165, 1.54) is 0 Å². The summed E-state index contributed by atoms with van der Waals surface area (Å²) in [5.74, 6) is 0. The van der Waals surface area contributed by atoms with Crippen LogP contribution in [0.25, 0.3) is 0 Å². The van der Waals surface area contributed by atoms with Gasteiger partial charge in [-0.25, -0.2) is 0 Å². The Morgan fingerprint density at radius 1 is 1.80 bits per heavy atom. The van der Waals surface area contributed by atoms with Crippen molar-refractivity contribution in [2.24, 2.45) is 5.73 Å². The van der Waals surface area contributed by atoms with Crippen LogP contribution < -0.4 is 5.73 Å². The van der Waals surface area contributed by atoms with Gasteiger partial charge in [0.15, 0.2) is 0 Å². The molecule has 62 valence electrons. The third kappa shape index (κ3) is 3.05. The topological polar surface area (TPSA) is 26.0 Å². The van der Waals surface area contributed by atoms with E-state index >= 15 is 0 Å². The molecule has 0 amide bonds. The third-order valence-corrected chi connectivity index (χ3v) is 7.32. The van der Waals surface area contributed by atoms with Crippen molar-refractivity contribution in [2.75, 3.05) is 19.4 Å². The van der Waals surface area contributed by atoms with E-state index in [0.29, 0.717) is 5.66 Å². The molecule has 0 aromatic carbocycles. The Morgan fingerprint density at radius 2 is 2.30 bits per heavy atom. The molecule has 1 nitrogen and oxygen atoms in total. The average Bonchev–Trinajstić information content (AvgIpc) is 1.86. The van der Waals surface area contributed by atoms with E-state index < -0.39 is 6.46 Å². The van der Waals surface area contributed by atoms with Gasteiger partial charge < -0.3 is 0 Å². The Hall–Kier alpha value is 0.480. The van der Waals surface area contributed by atoms with Gasteiger partial charge in [-0.05, 0) is 0 Å². The molecule has 0 fully saturated rings. The average molecular weight is 179 g/mol. The normalized spacial score (nSPS) is 16.4. The molecule has 0 aliphatic rings. The second-order valence-electron chi connectivity index (χ2n) is 2.99. The van der Waals surface area contributed by atoms with Gasteiger partial charge in [-0.3, -0.25) is 0 Å². The first-order valence-corrected chi connectivity index (χ1v) is 7.65. The van der Waals surface area contributed by atoms with Crippen LogP contribution in [0.5, 0.6) is 0 Å². The molecule has 10 heavy (non-hydrogen) atoms. The van der Waals surface area contributed by atoms with E-state index in [2.05, 4.69) is 32.4 Å². The Balaban J connectivity index is 3.94. The van der Waals surface area contributed by atoms with Gasteiger partial charge in [-0.15, -0.1) is 0 Å². The summed E-state index contributed by atoms with van der Waals surface area (Å²) in [4.78, 5) is 0. The predicted octanol–water partition coefficient (Wildman–Crippen LogP) is 1.74. The van der Waals surface area contributed by atoms with Crippen LogP contribution in [0.4, 0.5) is 0 Å². The predicted molar refractivity (Wildman–Crippen MR) is 56.8 cm³/mol. The van der Waals surface area contributed by atoms with Crippen LogP contribution in [0.15, 0.2) is 12.7 Å². The maximum absolute atomic E-state index is 5.54. The van der Waals surface area contributed by atoms with Gasteiger partial charge in [0.1, 0.15) is 0 Å². The number of hydrogen-bond donors (Lipinski definition) is 2. The molecule has 0 spiro atoms. The molecule has 0 heterocycles. The third-order valence-electron chi connectivity index (χ3n) is 1.97. The van der Waals surface area contributed by atoms with Crippen LogP contribution in [0.1, 0.15) is 6.92 Å². The van der Waals surface area contributed by atoms with Gasteiger partial charge in [-0.1, -0.05) is 0 Å². The fourth-order valence-corrected chi connectivity index (χ4v) is 2.95. The molecule has 1 atom stereocenters. The zero-order chi connectivity index (χ0) is 8.20. The number of hydrogen-bond acceptors (Lipinski definition) is 2. The van der Waals surface area contributed by atoms with E-state index in [9.17, 15) is 0 Å². The maximum atomic E-state index is 5.54. The Morgan fingerprint density at radius 3 is 2.60 bits per heavy atom. The Labute approximate surface area is 69.6 Å². The second-order valence-corrected chi connectivity index (χ2v) is 10.2. The summed E-state index contributed by atoms with van der Waals surface area (Å²) in [6.07, 6.45) is 3.00. The van der Waals surface area contributed by atoms with Crippen molar-refractivity contribution >= 4 is 18.7 Å². The molecule has 0 saturated carbocycles. The van der Waals surface area contributed by atoms with Crippen LogP contribution in [0.3, 0.4) is 0 Å². The van der Waals surface area contributed by atoms with Crippen LogP contribution >= 0.6 is 18.7 Å². The number of allylic oxidation sites excluding steroid dienone is 1. The fraction of sp³-hybridized carbons (Fsp3) is 0.714. The van der Waals surface area contributed by atoms with E-state index in [1.807, 2.05) is 6.08 Å². The number of nitrogens with two attached hydrogens (primary N) is 1. The molecule has 0 saturated heterocycles. The van der Waals surface area contributed by atoms with Gasteiger partial charge in [-0.2, -0.15) is 0 Å². The van der Waals surface area contributed by atoms with Crippen LogP contribution in [-0.2, 0) is 0 Å². The first kappa shape index (κ1) is 10.5. The molecule has 0 bridgehead atoms. The van der Waals surface area contributed by atoms with Gasteiger partial charge >= 0.3 is 69.1 Å². The molecule has 0 aliphatic carbocycles. The van der Waals surface area contributed by atoms with Crippen LogP contribution in [0.2, 0.25) is 0 Å². The summed E-state index contributed by atoms with van der Waals surface area (Å²) in [6.45, 7) is 7.50. The SMILES string of the molecule is C=CC[PH](C)(S)C(C)CN. The number of rotatable bonds is 4. The summed E-state index contributed by atoms with van der Waals surface area (Å²) < 4.78 is 0. The second kappa shape index (κ2) is 4.38. The van der Waals surface area contributed by atoms with Crippen molar-refractivity contribution in [1.29, 1.82) is 0 Å². The minimum atomic E-state index is -1.36. The molecule has 0 aromatic heterocycles. The zero-order valence-electron chi connectivity index (χ0n) is 6.80. The molecule has 0 aromatic rings. The standard InChI is InChI=1S/C7H18NPS/c1-4-5-9(3,10)7(2)6-8/h4,7,9-10H,1,5-6,8H2,2-3H3. The van der Waals surface area contributed by atoms with Gasteiger partial charge in [0, 0.05) is 0 Å². The summed E-state index contributed by atoms with van der Waals surface area (Å²) in [5, 5.41) is 0. The molecule has 0 radical (unpaired) electrons. The van der Waals surface area contributed by atoms with Crippen LogP contribution in [0, 0.1) is 0 Å². The molecular weight excluding hydrogens is 161 g/mol. The van der Waals surface area contributed by atoms with Crippen molar-refractivity contribution in [1.82, 2.24) is 0 Å².